The van der Waals surface area contributed by atoms with Crippen molar-refractivity contribution in [2.45, 2.75) is 33.3 Å². The van der Waals surface area contributed by atoms with Gasteiger partial charge >= 0.3 is 0 Å². The fraction of sp³-hybridized carbons (Fsp3) is 0.333. The van der Waals surface area contributed by atoms with Gasteiger partial charge in [-0.2, -0.15) is 0 Å². The second-order valence-electron chi connectivity index (χ2n) is 8.80. The van der Waals surface area contributed by atoms with E-state index in [2.05, 4.69) is 87.1 Å². The third-order valence-electron chi connectivity index (χ3n) is 5.77. The van der Waals surface area contributed by atoms with Crippen LogP contribution in [0.1, 0.15) is 38.8 Å². The van der Waals surface area contributed by atoms with Crippen molar-refractivity contribution in [1.29, 1.82) is 0 Å². The van der Waals surface area contributed by atoms with E-state index in [0.29, 0.717) is 0 Å². The first-order valence-corrected chi connectivity index (χ1v) is 9.30. The van der Waals surface area contributed by atoms with Crippen LogP contribution in [0.3, 0.4) is 0 Å². The van der Waals surface area contributed by atoms with Crippen LogP contribution in [0.15, 0.2) is 54.7 Å². The molecule has 0 saturated carbocycles. The molecule has 2 nitrogen and oxygen atoms in total. The second-order valence-corrected chi connectivity index (χ2v) is 8.80. The van der Waals surface area contributed by atoms with E-state index in [1.165, 1.54) is 16.5 Å². The molecular formula is C24H27NO. The average Bonchev–Trinajstić information content (AvgIpc) is 2.91. The number of fused-ring (bicyclic) bond motifs is 3. The molecule has 0 bridgehead atoms. The second kappa shape index (κ2) is 5.59. The maximum atomic E-state index is 11.7. The Balaban J connectivity index is 2.02. The quantitative estimate of drug-likeness (QED) is 0.597. The van der Waals surface area contributed by atoms with Gasteiger partial charge in [0.15, 0.2) is 0 Å². The lowest BCUT2D eigenvalue weighted by molar-refractivity contribution is -0.0295. The van der Waals surface area contributed by atoms with Gasteiger partial charge in [-0.25, -0.2) is 0 Å². The summed E-state index contributed by atoms with van der Waals surface area (Å²) < 4.78 is 2.17. The topological polar surface area (TPSA) is 25.2 Å². The average molecular weight is 345 g/mol. The minimum Gasteiger partial charge on any atom is -0.385 e. The van der Waals surface area contributed by atoms with Crippen LogP contribution in [0.4, 0.5) is 0 Å². The zero-order chi connectivity index (χ0) is 18.7. The number of aryl methyl sites for hydroxylation is 1. The molecule has 1 aliphatic carbocycles. The van der Waals surface area contributed by atoms with Crippen LogP contribution in [0.5, 0.6) is 0 Å². The van der Waals surface area contributed by atoms with Gasteiger partial charge < -0.3 is 9.67 Å². The predicted octanol–water partition coefficient (Wildman–Crippen LogP) is 5.74. The van der Waals surface area contributed by atoms with E-state index in [4.69, 9.17) is 0 Å². The smallest absolute Gasteiger partial charge is 0.0962 e. The highest BCUT2D eigenvalue weighted by atomic mass is 16.3. The van der Waals surface area contributed by atoms with Gasteiger partial charge in [0.05, 0.1) is 11.1 Å². The minimum absolute atomic E-state index is 0.0206. The van der Waals surface area contributed by atoms with Crippen molar-refractivity contribution >= 4 is 17.0 Å². The van der Waals surface area contributed by atoms with Crippen molar-refractivity contribution in [2.75, 3.05) is 0 Å². The normalized spacial score (nSPS) is 22.6. The zero-order valence-electron chi connectivity index (χ0n) is 16.2. The molecule has 0 saturated heterocycles. The first-order valence-electron chi connectivity index (χ1n) is 9.30. The number of hydrogen-bond acceptors (Lipinski definition) is 1. The number of hydrogen-bond donors (Lipinski definition) is 1. The van der Waals surface area contributed by atoms with Gasteiger partial charge in [0.25, 0.3) is 0 Å². The summed E-state index contributed by atoms with van der Waals surface area (Å²) in [4.78, 5) is 0. The van der Waals surface area contributed by atoms with Crippen LogP contribution < -0.4 is 0 Å². The Kier molecular flexibility index (Phi) is 3.68. The molecule has 4 rings (SSSR count). The third-order valence-corrected chi connectivity index (χ3v) is 5.77. The summed E-state index contributed by atoms with van der Waals surface area (Å²) in [7, 11) is 2.08. The first kappa shape index (κ1) is 17.1. The molecule has 1 N–H and O–H groups in total. The van der Waals surface area contributed by atoms with Crippen molar-refractivity contribution in [1.82, 2.24) is 4.57 Å². The predicted molar refractivity (Wildman–Crippen MR) is 110 cm³/mol. The third kappa shape index (κ3) is 2.44. The molecule has 0 aliphatic heterocycles. The number of benzene rings is 2. The van der Waals surface area contributed by atoms with Gasteiger partial charge in [-0.15, -0.1) is 0 Å². The van der Waals surface area contributed by atoms with Crippen LogP contribution >= 0.6 is 0 Å². The highest BCUT2D eigenvalue weighted by Gasteiger charge is 2.44. The minimum atomic E-state index is -0.915. The SMILES string of the molecule is Cn1cc(-c2ccccc2)c2ccc3c(c21)[C@@](C)(O)[C@@H](C(C)(C)C)C=C3. The van der Waals surface area contributed by atoms with Crippen LogP contribution in [-0.4, -0.2) is 9.67 Å². The summed E-state index contributed by atoms with van der Waals surface area (Å²) in [5.41, 5.74) is 4.77. The number of nitrogens with zero attached hydrogens (tertiary/aromatic N) is 1. The fourth-order valence-corrected chi connectivity index (χ4v) is 4.71. The molecular weight excluding hydrogens is 318 g/mol. The van der Waals surface area contributed by atoms with Gasteiger partial charge in [0.1, 0.15) is 0 Å². The van der Waals surface area contributed by atoms with Gasteiger partial charge in [-0.1, -0.05) is 75.4 Å². The van der Waals surface area contributed by atoms with Gasteiger partial charge in [0.2, 0.25) is 0 Å². The van der Waals surface area contributed by atoms with E-state index in [-0.39, 0.29) is 11.3 Å². The highest BCUT2D eigenvalue weighted by molar-refractivity contribution is 5.99. The lowest BCUT2D eigenvalue weighted by atomic mass is 9.65. The first-order chi connectivity index (χ1) is 12.2. The maximum Gasteiger partial charge on any atom is 0.0962 e. The standard InChI is InChI=1S/C24H27NO/c1-23(2,3)20-14-12-17-11-13-18-19(16-9-7-6-8-10-16)15-25(5)22(18)21(17)24(20,4)26/h6-15,20,26H,1-5H3/t20-,24+/m1/s1. The Hall–Kier alpha value is -2.32. The zero-order valence-corrected chi connectivity index (χ0v) is 16.2. The lowest BCUT2D eigenvalue weighted by Crippen LogP contribution is -2.41. The van der Waals surface area contributed by atoms with E-state index < -0.39 is 5.60 Å². The molecule has 26 heavy (non-hydrogen) atoms. The lowest BCUT2D eigenvalue weighted by Gasteiger charge is -2.43. The molecule has 2 atom stereocenters. The number of aromatic nitrogens is 1. The van der Waals surface area contributed by atoms with Crippen molar-refractivity contribution < 1.29 is 5.11 Å². The van der Waals surface area contributed by atoms with Crippen LogP contribution in [0.25, 0.3) is 28.1 Å². The molecule has 0 amide bonds. The van der Waals surface area contributed by atoms with E-state index in [1.807, 2.05) is 13.0 Å². The van der Waals surface area contributed by atoms with Crippen LogP contribution in [0, 0.1) is 11.3 Å². The molecule has 134 valence electrons. The Morgan fingerprint density at radius 2 is 1.73 bits per heavy atom. The van der Waals surface area contributed by atoms with Crippen molar-refractivity contribution in [3.63, 3.8) is 0 Å². The van der Waals surface area contributed by atoms with E-state index >= 15 is 0 Å². The van der Waals surface area contributed by atoms with Crippen molar-refractivity contribution in [3.8, 4) is 11.1 Å². The molecule has 1 aliphatic rings. The summed E-state index contributed by atoms with van der Waals surface area (Å²) in [5.74, 6) is 0.0585. The summed E-state index contributed by atoms with van der Waals surface area (Å²) in [6.07, 6.45) is 6.54. The van der Waals surface area contributed by atoms with E-state index in [1.54, 1.807) is 0 Å². The van der Waals surface area contributed by atoms with Crippen molar-refractivity contribution in [2.24, 2.45) is 18.4 Å². The molecule has 0 radical (unpaired) electrons. The molecule has 0 spiro atoms. The van der Waals surface area contributed by atoms with E-state index in [0.717, 1.165) is 16.6 Å². The summed E-state index contributed by atoms with van der Waals surface area (Å²) in [6.45, 7) is 8.56. The Bertz CT molecular complexity index is 1000. The molecule has 1 heterocycles. The molecule has 0 fully saturated rings. The fourth-order valence-electron chi connectivity index (χ4n) is 4.71. The molecule has 2 aromatic carbocycles. The number of aliphatic hydroxyl groups is 1. The Morgan fingerprint density at radius 1 is 1.04 bits per heavy atom. The highest BCUT2D eigenvalue weighted by Crippen LogP contribution is 2.49. The molecule has 0 unspecified atom stereocenters. The molecule has 1 aromatic heterocycles. The summed E-state index contributed by atoms with van der Waals surface area (Å²) >= 11 is 0. The van der Waals surface area contributed by atoms with E-state index in [9.17, 15) is 5.11 Å². The maximum absolute atomic E-state index is 11.7. The molecule has 3 aromatic rings. The Morgan fingerprint density at radius 3 is 2.38 bits per heavy atom. The van der Waals surface area contributed by atoms with Crippen LogP contribution in [0.2, 0.25) is 0 Å². The van der Waals surface area contributed by atoms with Crippen molar-refractivity contribution in [3.05, 3.63) is 65.9 Å². The Labute approximate surface area is 155 Å². The van der Waals surface area contributed by atoms with Gasteiger partial charge in [-0.3, -0.25) is 0 Å². The monoisotopic (exact) mass is 345 g/mol. The van der Waals surface area contributed by atoms with Gasteiger partial charge in [-0.05, 0) is 23.5 Å². The number of rotatable bonds is 1. The van der Waals surface area contributed by atoms with Gasteiger partial charge in [0, 0.05) is 35.7 Å². The summed E-state index contributed by atoms with van der Waals surface area (Å²) in [6, 6.07) is 14.8. The summed E-state index contributed by atoms with van der Waals surface area (Å²) in [5, 5.41) is 12.9. The van der Waals surface area contributed by atoms with Crippen LogP contribution in [-0.2, 0) is 12.6 Å². The largest absolute Gasteiger partial charge is 0.385 e. The molecule has 2 heteroatoms.